The third kappa shape index (κ3) is 4.27. The molecule has 4 nitrogen and oxygen atoms in total. The second-order valence-corrected chi connectivity index (χ2v) is 8.30. The van der Waals surface area contributed by atoms with E-state index in [2.05, 4.69) is 31.3 Å². The van der Waals surface area contributed by atoms with Crippen LogP contribution in [0.2, 0.25) is 0 Å². The van der Waals surface area contributed by atoms with Crippen molar-refractivity contribution in [3.05, 3.63) is 51.2 Å². The Hall–Kier alpha value is -1.85. The molecular weight excluding hydrogens is 344 g/mol. The summed E-state index contributed by atoms with van der Waals surface area (Å²) in [6, 6.07) is 10.3. The minimum Gasteiger partial charge on any atom is -0.496 e. The number of nitrogens with one attached hydrogen (secondary N) is 1. The first-order valence-corrected chi connectivity index (χ1v) is 10.1. The number of hydrogen-bond acceptors (Lipinski definition) is 4. The van der Waals surface area contributed by atoms with E-state index in [0.717, 1.165) is 43.8 Å². The van der Waals surface area contributed by atoms with Gasteiger partial charge in [-0.1, -0.05) is 18.2 Å². The van der Waals surface area contributed by atoms with Crippen LogP contribution in [0.1, 0.15) is 39.8 Å². The van der Waals surface area contributed by atoms with Crippen LogP contribution in [0.25, 0.3) is 0 Å². The van der Waals surface area contributed by atoms with E-state index in [4.69, 9.17) is 4.74 Å². The number of nitrogens with zero attached hydrogens (tertiary/aromatic N) is 1. The van der Waals surface area contributed by atoms with Gasteiger partial charge in [-0.3, -0.25) is 4.79 Å². The minimum absolute atomic E-state index is 0.0394. The summed E-state index contributed by atoms with van der Waals surface area (Å²) >= 11 is 1.84. The average molecular weight is 373 g/mol. The quantitative estimate of drug-likeness (QED) is 0.837. The smallest absolute Gasteiger partial charge is 0.223 e. The molecule has 1 atom stereocenters. The van der Waals surface area contributed by atoms with Crippen LogP contribution in [0, 0.1) is 13.8 Å². The zero-order valence-corrected chi connectivity index (χ0v) is 16.7. The van der Waals surface area contributed by atoms with Crippen LogP contribution in [0.3, 0.4) is 0 Å². The molecule has 1 aliphatic heterocycles. The molecule has 1 aliphatic rings. The summed E-state index contributed by atoms with van der Waals surface area (Å²) in [6.45, 7) is 6.68. The Bertz CT molecular complexity index is 756. The molecule has 2 heterocycles. The van der Waals surface area contributed by atoms with Gasteiger partial charge in [0.15, 0.2) is 0 Å². The van der Waals surface area contributed by atoms with E-state index in [-0.39, 0.29) is 11.9 Å². The monoisotopic (exact) mass is 372 g/mol. The zero-order valence-electron chi connectivity index (χ0n) is 15.9. The number of carbonyl (C=O) groups is 1. The van der Waals surface area contributed by atoms with Crippen LogP contribution in [-0.4, -0.2) is 37.6 Å². The van der Waals surface area contributed by atoms with Crippen molar-refractivity contribution >= 4 is 17.2 Å². The molecule has 1 fully saturated rings. The van der Waals surface area contributed by atoms with Crippen LogP contribution in [0.4, 0.5) is 0 Å². The van der Waals surface area contributed by atoms with Crippen LogP contribution < -0.4 is 10.1 Å². The largest absolute Gasteiger partial charge is 0.496 e. The molecule has 0 saturated carbocycles. The van der Waals surface area contributed by atoms with E-state index in [1.807, 2.05) is 34.4 Å². The fourth-order valence-corrected chi connectivity index (χ4v) is 4.70. The number of piperazine rings is 1. The number of rotatable bonds is 6. The van der Waals surface area contributed by atoms with Gasteiger partial charge in [0, 0.05) is 41.4 Å². The molecule has 5 heteroatoms. The normalized spacial score (nSPS) is 17.3. The lowest BCUT2D eigenvalue weighted by atomic mass is 10.0. The average Bonchev–Trinajstić information content (AvgIpc) is 2.98. The van der Waals surface area contributed by atoms with Gasteiger partial charge in [0.05, 0.1) is 13.2 Å². The van der Waals surface area contributed by atoms with Crippen molar-refractivity contribution in [1.82, 2.24) is 10.2 Å². The predicted octanol–water partition coefficient (Wildman–Crippen LogP) is 3.87. The zero-order chi connectivity index (χ0) is 18.5. The molecule has 1 saturated heterocycles. The predicted molar refractivity (Wildman–Crippen MR) is 107 cm³/mol. The lowest BCUT2D eigenvalue weighted by Gasteiger charge is -2.37. The lowest BCUT2D eigenvalue weighted by molar-refractivity contribution is -0.134. The van der Waals surface area contributed by atoms with E-state index in [1.54, 1.807) is 7.11 Å². The van der Waals surface area contributed by atoms with Gasteiger partial charge in [-0.25, -0.2) is 0 Å². The molecule has 1 aromatic heterocycles. The van der Waals surface area contributed by atoms with E-state index in [1.165, 1.54) is 15.3 Å². The summed E-state index contributed by atoms with van der Waals surface area (Å²) in [6.07, 6.45) is 2.48. The highest BCUT2D eigenvalue weighted by Crippen LogP contribution is 2.31. The number of benzene rings is 1. The summed E-state index contributed by atoms with van der Waals surface area (Å²) < 4.78 is 5.52. The Morgan fingerprint density at radius 3 is 2.88 bits per heavy atom. The van der Waals surface area contributed by atoms with Crippen molar-refractivity contribution in [1.29, 1.82) is 0 Å². The number of amides is 1. The summed E-state index contributed by atoms with van der Waals surface area (Å²) in [5, 5.41) is 3.41. The van der Waals surface area contributed by atoms with Gasteiger partial charge in [-0.2, -0.15) is 0 Å². The maximum atomic E-state index is 12.9. The topological polar surface area (TPSA) is 41.6 Å². The Morgan fingerprint density at radius 1 is 1.35 bits per heavy atom. The van der Waals surface area contributed by atoms with Gasteiger partial charge in [0.2, 0.25) is 5.91 Å². The molecule has 1 unspecified atom stereocenters. The first kappa shape index (κ1) is 18.9. The molecule has 1 aromatic carbocycles. The Labute approximate surface area is 160 Å². The first-order chi connectivity index (χ1) is 12.6. The van der Waals surface area contributed by atoms with Gasteiger partial charge in [-0.15, -0.1) is 11.3 Å². The highest BCUT2D eigenvalue weighted by Gasteiger charge is 2.29. The molecule has 0 aliphatic carbocycles. The molecule has 1 N–H and O–H groups in total. The molecule has 0 bridgehead atoms. The maximum absolute atomic E-state index is 12.9. The number of thiophene rings is 1. The van der Waals surface area contributed by atoms with E-state index in [0.29, 0.717) is 6.42 Å². The van der Waals surface area contributed by atoms with Gasteiger partial charge in [0.25, 0.3) is 0 Å². The summed E-state index contributed by atoms with van der Waals surface area (Å²) in [5.74, 6) is 1.09. The van der Waals surface area contributed by atoms with E-state index < -0.39 is 0 Å². The number of carbonyl (C=O) groups excluding carboxylic acids is 1. The van der Waals surface area contributed by atoms with Crippen molar-refractivity contribution in [3.63, 3.8) is 0 Å². The van der Waals surface area contributed by atoms with Gasteiger partial charge >= 0.3 is 0 Å². The second kappa shape index (κ2) is 8.69. The SMILES string of the molecule is COc1ccccc1C1CNCCN1C(=O)CCCc1cc(C)sc1C. The number of para-hydroxylation sites is 1. The molecule has 3 rings (SSSR count). The van der Waals surface area contributed by atoms with Crippen LogP contribution >= 0.6 is 11.3 Å². The standard InChI is InChI=1S/C21H28N2O2S/c1-15-13-17(16(2)26-15)7-6-10-21(24)23-12-11-22-14-19(23)18-8-4-5-9-20(18)25-3/h4-5,8-9,13,19,22H,6-7,10-12,14H2,1-3H3. The van der Waals surface area contributed by atoms with E-state index >= 15 is 0 Å². The van der Waals surface area contributed by atoms with E-state index in [9.17, 15) is 4.79 Å². The summed E-state index contributed by atoms with van der Waals surface area (Å²) in [5.41, 5.74) is 2.47. The lowest BCUT2D eigenvalue weighted by Crippen LogP contribution is -2.48. The van der Waals surface area contributed by atoms with Crippen molar-refractivity contribution in [2.45, 2.75) is 39.2 Å². The summed E-state index contributed by atoms with van der Waals surface area (Å²) in [7, 11) is 1.69. The fourth-order valence-electron chi connectivity index (χ4n) is 3.73. The summed E-state index contributed by atoms with van der Waals surface area (Å²) in [4.78, 5) is 17.7. The van der Waals surface area contributed by atoms with Crippen LogP contribution in [0.5, 0.6) is 5.75 Å². The molecule has 1 amide bonds. The molecule has 140 valence electrons. The highest BCUT2D eigenvalue weighted by molar-refractivity contribution is 7.12. The maximum Gasteiger partial charge on any atom is 0.223 e. The number of ether oxygens (including phenoxy) is 1. The third-order valence-electron chi connectivity index (χ3n) is 5.04. The minimum atomic E-state index is 0.0394. The second-order valence-electron chi connectivity index (χ2n) is 6.84. The Balaban J connectivity index is 1.65. The van der Waals surface area contributed by atoms with Crippen molar-refractivity contribution in [2.75, 3.05) is 26.7 Å². The van der Waals surface area contributed by atoms with Crippen molar-refractivity contribution < 1.29 is 9.53 Å². The van der Waals surface area contributed by atoms with Crippen LogP contribution in [-0.2, 0) is 11.2 Å². The Morgan fingerprint density at radius 2 is 2.15 bits per heavy atom. The first-order valence-electron chi connectivity index (χ1n) is 9.29. The van der Waals surface area contributed by atoms with Gasteiger partial charge in [-0.05, 0) is 44.4 Å². The number of hydrogen-bond donors (Lipinski definition) is 1. The molecule has 0 spiro atoms. The number of methoxy groups -OCH3 is 1. The molecule has 0 radical (unpaired) electrons. The van der Waals surface area contributed by atoms with Crippen LogP contribution in [0.15, 0.2) is 30.3 Å². The molecular formula is C21H28N2O2S. The molecule has 26 heavy (non-hydrogen) atoms. The van der Waals surface area contributed by atoms with Gasteiger partial charge < -0.3 is 15.0 Å². The molecule has 2 aromatic rings. The van der Waals surface area contributed by atoms with Gasteiger partial charge in [0.1, 0.15) is 5.75 Å². The Kier molecular flexibility index (Phi) is 6.33. The van der Waals surface area contributed by atoms with Crippen molar-refractivity contribution in [2.24, 2.45) is 0 Å². The third-order valence-corrected chi connectivity index (χ3v) is 6.05. The van der Waals surface area contributed by atoms with Crippen molar-refractivity contribution in [3.8, 4) is 5.75 Å². The fraction of sp³-hybridized carbons (Fsp3) is 0.476. The number of aryl methyl sites for hydroxylation is 3. The highest BCUT2D eigenvalue weighted by atomic mass is 32.1.